The van der Waals surface area contributed by atoms with Crippen LogP contribution in [0.3, 0.4) is 0 Å². The monoisotopic (exact) mass is 370 g/mol. The molecule has 25 heavy (non-hydrogen) atoms. The molecule has 7 nitrogen and oxygen atoms in total. The lowest BCUT2D eigenvalue weighted by Crippen LogP contribution is -2.12. The van der Waals surface area contributed by atoms with Crippen LogP contribution in [0.2, 0.25) is 0 Å². The summed E-state index contributed by atoms with van der Waals surface area (Å²) in [4.78, 5) is 31.2. The van der Waals surface area contributed by atoms with Gasteiger partial charge >= 0.3 is 5.76 Å². The first kappa shape index (κ1) is 15.5. The highest BCUT2D eigenvalue weighted by atomic mass is 32.1. The van der Waals surface area contributed by atoms with Gasteiger partial charge in [0.25, 0.3) is 5.91 Å². The summed E-state index contributed by atoms with van der Waals surface area (Å²) in [7, 11) is 0. The number of thiophene rings is 1. The average molecular weight is 370 g/mol. The van der Waals surface area contributed by atoms with Crippen molar-refractivity contribution in [1.29, 1.82) is 0 Å². The van der Waals surface area contributed by atoms with Crippen LogP contribution in [0, 0.1) is 0 Å². The fraction of sp³-hybridized carbons (Fsp3) is 0. The third-order valence-electron chi connectivity index (χ3n) is 3.33. The summed E-state index contributed by atoms with van der Waals surface area (Å²) in [6.07, 6.45) is 0. The molecule has 0 fully saturated rings. The predicted molar refractivity (Wildman–Crippen MR) is 95.9 cm³/mol. The van der Waals surface area contributed by atoms with E-state index in [-0.39, 0.29) is 5.91 Å². The van der Waals surface area contributed by atoms with Crippen LogP contribution in [0.1, 0.15) is 10.5 Å². The molecule has 0 spiro atoms. The molecule has 0 bridgehead atoms. The second-order valence-electron chi connectivity index (χ2n) is 4.99. The first-order valence-electron chi connectivity index (χ1n) is 7.16. The number of hydrogen-bond donors (Lipinski definition) is 2. The Morgan fingerprint density at radius 1 is 1.16 bits per heavy atom. The number of nitrogens with zero attached hydrogens (tertiary/aromatic N) is 2. The molecule has 0 aliphatic rings. The fourth-order valence-corrected chi connectivity index (χ4v) is 3.77. The Hall–Kier alpha value is -3.04. The Labute approximate surface area is 149 Å². The van der Waals surface area contributed by atoms with Crippen molar-refractivity contribution < 1.29 is 9.32 Å². The highest BCUT2D eigenvalue weighted by Crippen LogP contribution is 2.28. The molecule has 124 valence electrons. The number of aromatic amines is 1. The summed E-state index contributed by atoms with van der Waals surface area (Å²) >= 11 is 3.02. The van der Waals surface area contributed by atoms with Crippen molar-refractivity contribution in [3.05, 3.63) is 63.4 Å². The van der Waals surface area contributed by atoms with Crippen molar-refractivity contribution in [1.82, 2.24) is 15.1 Å². The van der Waals surface area contributed by atoms with Gasteiger partial charge in [-0.05, 0) is 35.7 Å². The highest BCUT2D eigenvalue weighted by molar-refractivity contribution is 7.20. The van der Waals surface area contributed by atoms with Gasteiger partial charge in [-0.25, -0.2) is 9.78 Å². The Bertz CT molecular complexity index is 1060. The molecule has 1 amide bonds. The number of aromatic nitrogens is 3. The Morgan fingerprint density at radius 3 is 2.68 bits per heavy atom. The molecular weight excluding hydrogens is 360 g/mol. The minimum Gasteiger partial charge on any atom is -0.321 e. The maximum atomic E-state index is 12.3. The van der Waals surface area contributed by atoms with Crippen LogP contribution in [-0.4, -0.2) is 21.0 Å². The lowest BCUT2D eigenvalue weighted by Gasteiger charge is -2.03. The number of anilines is 1. The topological polar surface area (TPSA) is 101 Å². The zero-order valence-electron chi connectivity index (χ0n) is 12.6. The van der Waals surface area contributed by atoms with Crippen molar-refractivity contribution in [2.45, 2.75) is 0 Å². The predicted octanol–water partition coefficient (Wildman–Crippen LogP) is 3.47. The summed E-state index contributed by atoms with van der Waals surface area (Å²) < 4.78 is 4.47. The summed E-state index contributed by atoms with van der Waals surface area (Å²) in [5.74, 6) is -0.554. The van der Waals surface area contributed by atoms with E-state index in [9.17, 15) is 9.59 Å². The van der Waals surface area contributed by atoms with Gasteiger partial charge < -0.3 is 5.32 Å². The quantitative estimate of drug-likeness (QED) is 0.573. The second kappa shape index (κ2) is 6.46. The molecule has 1 aromatic carbocycles. The van der Waals surface area contributed by atoms with E-state index in [1.54, 1.807) is 41.0 Å². The van der Waals surface area contributed by atoms with E-state index in [1.807, 2.05) is 17.5 Å². The molecule has 0 unspecified atom stereocenters. The van der Waals surface area contributed by atoms with Crippen LogP contribution in [0.15, 0.2) is 56.5 Å². The number of nitrogens with one attached hydrogen (secondary N) is 2. The smallest absolute Gasteiger partial charge is 0.321 e. The number of rotatable bonds is 4. The Balaban J connectivity index is 1.48. The molecule has 3 aromatic heterocycles. The zero-order valence-corrected chi connectivity index (χ0v) is 14.2. The molecule has 0 radical (unpaired) electrons. The van der Waals surface area contributed by atoms with Crippen molar-refractivity contribution >= 4 is 34.3 Å². The van der Waals surface area contributed by atoms with Crippen molar-refractivity contribution in [2.24, 2.45) is 0 Å². The summed E-state index contributed by atoms with van der Waals surface area (Å²) in [6.45, 7) is 0. The van der Waals surface area contributed by atoms with E-state index in [0.717, 1.165) is 9.88 Å². The molecule has 2 N–H and O–H groups in total. The van der Waals surface area contributed by atoms with E-state index in [4.69, 9.17) is 0 Å². The first-order chi connectivity index (χ1) is 12.2. The van der Waals surface area contributed by atoms with Gasteiger partial charge in [-0.2, -0.15) is 0 Å². The van der Waals surface area contributed by atoms with Crippen LogP contribution in [-0.2, 0) is 0 Å². The van der Waals surface area contributed by atoms with Gasteiger partial charge in [0, 0.05) is 16.6 Å². The highest BCUT2D eigenvalue weighted by Gasteiger charge is 2.13. The average Bonchev–Trinajstić information content (AvgIpc) is 3.36. The minimum absolute atomic E-state index is 0.276. The van der Waals surface area contributed by atoms with Gasteiger partial charge in [0.05, 0.1) is 4.88 Å². The lowest BCUT2D eigenvalue weighted by molar-refractivity contribution is 0.102. The summed E-state index contributed by atoms with van der Waals surface area (Å²) in [5, 5.41) is 10.9. The van der Waals surface area contributed by atoms with Crippen LogP contribution in [0.5, 0.6) is 0 Å². The first-order valence-corrected chi connectivity index (χ1v) is 8.92. The van der Waals surface area contributed by atoms with Crippen LogP contribution >= 0.6 is 22.7 Å². The standard InChI is InChI=1S/C16H10N4O3S2/c21-14(11-8-25-15(18-11)12-2-1-7-24-12)17-10-5-3-9(4-6-10)13-19-16(22)23-20-13/h1-8H,(H,17,21)(H,19,20,22). The normalized spacial score (nSPS) is 10.7. The van der Waals surface area contributed by atoms with Gasteiger partial charge in [-0.1, -0.05) is 11.2 Å². The molecule has 0 aliphatic carbocycles. The molecule has 0 aliphatic heterocycles. The number of thiazole rings is 1. The molecule has 4 aromatic rings. The maximum absolute atomic E-state index is 12.3. The molecule has 0 saturated heterocycles. The van der Waals surface area contributed by atoms with Crippen LogP contribution in [0.4, 0.5) is 5.69 Å². The third-order valence-corrected chi connectivity index (χ3v) is 5.21. The van der Waals surface area contributed by atoms with Gasteiger partial charge in [-0.3, -0.25) is 14.3 Å². The van der Waals surface area contributed by atoms with Gasteiger partial charge in [0.1, 0.15) is 10.7 Å². The third kappa shape index (κ3) is 3.28. The minimum atomic E-state index is -0.613. The van der Waals surface area contributed by atoms with E-state index >= 15 is 0 Å². The van der Waals surface area contributed by atoms with Crippen molar-refractivity contribution in [2.75, 3.05) is 5.32 Å². The SMILES string of the molecule is O=C(Nc1ccc(-c2noc(=O)[nH]2)cc1)c1csc(-c2cccs2)n1. The van der Waals surface area contributed by atoms with Crippen molar-refractivity contribution in [3.8, 4) is 21.3 Å². The Morgan fingerprint density at radius 2 is 2.00 bits per heavy atom. The van der Waals surface area contributed by atoms with E-state index in [1.165, 1.54) is 11.3 Å². The summed E-state index contributed by atoms with van der Waals surface area (Å²) in [5.41, 5.74) is 1.67. The van der Waals surface area contributed by atoms with Gasteiger partial charge in [-0.15, -0.1) is 22.7 Å². The summed E-state index contributed by atoms with van der Waals surface area (Å²) in [6, 6.07) is 10.8. The molecule has 3 heterocycles. The maximum Gasteiger partial charge on any atom is 0.439 e. The number of H-pyrrole nitrogens is 1. The van der Waals surface area contributed by atoms with Gasteiger partial charge in [0.15, 0.2) is 5.82 Å². The number of carbonyl (C=O) groups is 1. The number of carbonyl (C=O) groups excluding carboxylic acids is 1. The van der Waals surface area contributed by atoms with Crippen LogP contribution < -0.4 is 11.1 Å². The second-order valence-corrected chi connectivity index (χ2v) is 6.80. The number of hydrogen-bond acceptors (Lipinski definition) is 7. The van der Waals surface area contributed by atoms with E-state index in [2.05, 4.69) is 25.0 Å². The Kier molecular flexibility index (Phi) is 4.00. The van der Waals surface area contributed by atoms with E-state index in [0.29, 0.717) is 22.8 Å². The largest absolute Gasteiger partial charge is 0.439 e. The number of benzene rings is 1. The molecular formula is C16H10N4O3S2. The lowest BCUT2D eigenvalue weighted by atomic mass is 10.2. The van der Waals surface area contributed by atoms with Crippen molar-refractivity contribution in [3.63, 3.8) is 0 Å². The molecule has 0 atom stereocenters. The van der Waals surface area contributed by atoms with Crippen LogP contribution in [0.25, 0.3) is 21.3 Å². The van der Waals surface area contributed by atoms with E-state index < -0.39 is 5.76 Å². The molecule has 4 rings (SSSR count). The number of amides is 1. The molecule has 9 heteroatoms. The zero-order chi connectivity index (χ0) is 17.2. The van der Waals surface area contributed by atoms with Gasteiger partial charge in [0.2, 0.25) is 0 Å². The molecule has 0 saturated carbocycles. The fourth-order valence-electron chi connectivity index (χ4n) is 2.15.